The maximum absolute atomic E-state index is 12.3. The number of nitrogens with zero attached hydrogens (tertiary/aromatic N) is 2. The third-order valence-electron chi connectivity index (χ3n) is 3.93. The predicted molar refractivity (Wildman–Crippen MR) is 101 cm³/mol. The number of ether oxygens (including phenoxy) is 1. The topological polar surface area (TPSA) is 54.5 Å². The number of carbonyl (C=O) groups excluding carboxylic acids is 1. The van der Waals surface area contributed by atoms with Crippen LogP contribution in [0.4, 0.5) is 5.13 Å². The van der Waals surface area contributed by atoms with Gasteiger partial charge in [-0.1, -0.05) is 23.7 Å². The first-order chi connectivity index (χ1) is 12.0. The van der Waals surface area contributed by atoms with Crippen molar-refractivity contribution in [3.63, 3.8) is 0 Å². The Labute approximate surface area is 157 Å². The molecule has 25 heavy (non-hydrogen) atoms. The monoisotopic (exact) mass is 379 g/mol. The third kappa shape index (κ3) is 5.51. The summed E-state index contributed by atoms with van der Waals surface area (Å²) in [6.45, 7) is 5.97. The molecule has 0 unspecified atom stereocenters. The lowest BCUT2D eigenvalue weighted by Crippen LogP contribution is -2.48. The van der Waals surface area contributed by atoms with Crippen LogP contribution in [-0.4, -0.2) is 47.6 Å². The van der Waals surface area contributed by atoms with Crippen molar-refractivity contribution in [2.75, 3.05) is 25.0 Å². The molecule has 134 valence electrons. The van der Waals surface area contributed by atoms with Crippen molar-refractivity contribution in [1.82, 2.24) is 9.88 Å². The fraction of sp³-hybridized carbons (Fsp3) is 0.444. The second-order valence-electron chi connectivity index (χ2n) is 6.44. The first-order valence-corrected chi connectivity index (χ1v) is 9.54. The molecule has 5 nitrogen and oxygen atoms in total. The van der Waals surface area contributed by atoms with Crippen molar-refractivity contribution in [2.24, 2.45) is 0 Å². The number of thiazole rings is 1. The number of rotatable bonds is 5. The van der Waals surface area contributed by atoms with Crippen molar-refractivity contribution in [3.8, 4) is 0 Å². The van der Waals surface area contributed by atoms with Gasteiger partial charge in [-0.25, -0.2) is 4.98 Å². The molecule has 2 atom stereocenters. The van der Waals surface area contributed by atoms with Crippen LogP contribution in [0.5, 0.6) is 0 Å². The normalized spacial score (nSPS) is 21.2. The van der Waals surface area contributed by atoms with Crippen LogP contribution in [0.15, 0.2) is 30.5 Å². The van der Waals surface area contributed by atoms with Gasteiger partial charge < -0.3 is 10.1 Å². The third-order valence-corrected chi connectivity index (χ3v) is 5.08. The molecule has 1 amide bonds. The van der Waals surface area contributed by atoms with Crippen LogP contribution >= 0.6 is 22.9 Å². The average molecular weight is 380 g/mol. The van der Waals surface area contributed by atoms with Crippen LogP contribution in [0.3, 0.4) is 0 Å². The predicted octanol–water partition coefficient (Wildman–Crippen LogP) is 3.44. The summed E-state index contributed by atoms with van der Waals surface area (Å²) in [5.74, 6) is -0.0371. The van der Waals surface area contributed by atoms with E-state index in [1.807, 2.05) is 38.1 Å². The van der Waals surface area contributed by atoms with Crippen LogP contribution in [0.2, 0.25) is 5.02 Å². The van der Waals surface area contributed by atoms with E-state index in [4.69, 9.17) is 16.3 Å². The average Bonchev–Trinajstić information content (AvgIpc) is 2.92. The molecular weight excluding hydrogens is 358 g/mol. The molecule has 2 aromatic rings. The molecular formula is C18H22ClN3O2S. The molecule has 1 saturated heterocycles. The van der Waals surface area contributed by atoms with Gasteiger partial charge in [0.1, 0.15) is 0 Å². The molecule has 2 heterocycles. The highest BCUT2D eigenvalue weighted by atomic mass is 35.5. The number of amides is 1. The van der Waals surface area contributed by atoms with E-state index < -0.39 is 0 Å². The van der Waals surface area contributed by atoms with E-state index in [0.29, 0.717) is 11.7 Å². The molecule has 1 aliphatic rings. The zero-order valence-corrected chi connectivity index (χ0v) is 15.9. The molecule has 1 aromatic heterocycles. The van der Waals surface area contributed by atoms with Gasteiger partial charge in [0.15, 0.2) is 5.13 Å². The zero-order valence-electron chi connectivity index (χ0n) is 14.4. The van der Waals surface area contributed by atoms with E-state index in [-0.39, 0.29) is 18.1 Å². The fourth-order valence-electron chi connectivity index (χ4n) is 3.07. The van der Waals surface area contributed by atoms with Crippen LogP contribution in [-0.2, 0) is 16.0 Å². The van der Waals surface area contributed by atoms with Crippen molar-refractivity contribution in [2.45, 2.75) is 32.5 Å². The van der Waals surface area contributed by atoms with Crippen LogP contribution < -0.4 is 5.32 Å². The van der Waals surface area contributed by atoms with E-state index in [9.17, 15) is 4.79 Å². The van der Waals surface area contributed by atoms with Gasteiger partial charge in [-0.2, -0.15) is 0 Å². The van der Waals surface area contributed by atoms with Crippen LogP contribution in [0.25, 0.3) is 0 Å². The van der Waals surface area contributed by atoms with E-state index >= 15 is 0 Å². The number of benzene rings is 1. The van der Waals surface area contributed by atoms with Crippen molar-refractivity contribution < 1.29 is 9.53 Å². The maximum Gasteiger partial charge on any atom is 0.240 e. The Kier molecular flexibility index (Phi) is 6.06. The summed E-state index contributed by atoms with van der Waals surface area (Å²) in [5, 5.41) is 4.26. The first kappa shape index (κ1) is 18.3. The van der Waals surface area contributed by atoms with E-state index in [1.165, 1.54) is 11.3 Å². The Morgan fingerprint density at radius 3 is 2.88 bits per heavy atom. The summed E-state index contributed by atoms with van der Waals surface area (Å²) in [7, 11) is 0. The van der Waals surface area contributed by atoms with Crippen molar-refractivity contribution in [3.05, 3.63) is 45.9 Å². The Morgan fingerprint density at radius 1 is 1.40 bits per heavy atom. The second kappa shape index (κ2) is 8.27. The lowest BCUT2D eigenvalue weighted by molar-refractivity contribution is -0.121. The van der Waals surface area contributed by atoms with Gasteiger partial charge in [0.2, 0.25) is 5.91 Å². The first-order valence-electron chi connectivity index (χ1n) is 8.35. The quantitative estimate of drug-likeness (QED) is 0.864. The smallest absolute Gasteiger partial charge is 0.240 e. The molecule has 3 rings (SSSR count). The fourth-order valence-corrected chi connectivity index (χ4v) is 4.15. The summed E-state index contributed by atoms with van der Waals surface area (Å²) < 4.78 is 5.69. The van der Waals surface area contributed by atoms with Crippen molar-refractivity contribution >= 4 is 34.0 Å². The van der Waals surface area contributed by atoms with Crippen LogP contribution in [0.1, 0.15) is 24.3 Å². The summed E-state index contributed by atoms with van der Waals surface area (Å²) in [6.07, 6.45) is 2.87. The number of nitrogens with one attached hydrogen (secondary N) is 1. The zero-order chi connectivity index (χ0) is 17.8. The van der Waals surface area contributed by atoms with Crippen molar-refractivity contribution in [1.29, 1.82) is 0 Å². The highest BCUT2D eigenvalue weighted by Gasteiger charge is 2.23. The lowest BCUT2D eigenvalue weighted by Gasteiger charge is -2.34. The Morgan fingerprint density at radius 2 is 2.16 bits per heavy atom. The van der Waals surface area contributed by atoms with Crippen LogP contribution in [0, 0.1) is 0 Å². The Bertz CT molecular complexity index is 727. The van der Waals surface area contributed by atoms with Gasteiger partial charge >= 0.3 is 0 Å². The summed E-state index contributed by atoms with van der Waals surface area (Å²) in [5.41, 5.74) is 1.13. The van der Waals surface area contributed by atoms with Gasteiger partial charge in [-0.05, 0) is 31.5 Å². The standard InChI is InChI=1S/C18H22ClN3O2S/c1-12-9-22(10-13(2)24-12)11-17(23)21-18-20-8-16(25-18)7-14-4-3-5-15(19)6-14/h3-6,8,12-13H,7,9-11H2,1-2H3,(H,20,21,23)/t12-,13+. The minimum absolute atomic E-state index is 0.0371. The second-order valence-corrected chi connectivity index (χ2v) is 7.99. The number of carbonyl (C=O) groups is 1. The SMILES string of the molecule is C[C@@H]1CN(CC(=O)Nc2ncc(Cc3cccc(Cl)c3)s2)C[C@H](C)O1. The lowest BCUT2D eigenvalue weighted by atomic mass is 10.1. The number of hydrogen-bond donors (Lipinski definition) is 1. The van der Waals surface area contributed by atoms with E-state index in [2.05, 4.69) is 15.2 Å². The maximum atomic E-state index is 12.3. The number of halogens is 1. The molecule has 0 saturated carbocycles. The van der Waals surface area contributed by atoms with Gasteiger partial charge in [-0.15, -0.1) is 11.3 Å². The highest BCUT2D eigenvalue weighted by Crippen LogP contribution is 2.22. The summed E-state index contributed by atoms with van der Waals surface area (Å²) in [4.78, 5) is 19.8. The molecule has 0 bridgehead atoms. The minimum Gasteiger partial charge on any atom is -0.373 e. The molecule has 1 aromatic carbocycles. The summed E-state index contributed by atoms with van der Waals surface area (Å²) >= 11 is 7.51. The molecule has 1 fully saturated rings. The number of anilines is 1. The number of aromatic nitrogens is 1. The molecule has 0 radical (unpaired) electrons. The van der Waals surface area contributed by atoms with Gasteiger partial charge in [0, 0.05) is 35.6 Å². The largest absolute Gasteiger partial charge is 0.373 e. The van der Waals surface area contributed by atoms with E-state index in [0.717, 1.165) is 35.0 Å². The molecule has 1 N–H and O–H groups in total. The summed E-state index contributed by atoms with van der Waals surface area (Å²) in [6, 6.07) is 7.77. The minimum atomic E-state index is -0.0371. The molecule has 0 aliphatic carbocycles. The van der Waals surface area contributed by atoms with Gasteiger partial charge in [0.25, 0.3) is 0 Å². The molecule has 0 spiro atoms. The Hall–Kier alpha value is -1.47. The highest BCUT2D eigenvalue weighted by molar-refractivity contribution is 7.15. The molecule has 1 aliphatic heterocycles. The number of hydrogen-bond acceptors (Lipinski definition) is 5. The Balaban J connectivity index is 1.53. The van der Waals surface area contributed by atoms with Gasteiger partial charge in [0.05, 0.1) is 18.8 Å². The van der Waals surface area contributed by atoms with E-state index in [1.54, 1.807) is 6.20 Å². The molecule has 7 heteroatoms. The number of morpholine rings is 1. The van der Waals surface area contributed by atoms with Gasteiger partial charge in [-0.3, -0.25) is 9.69 Å².